The average Bonchev–Trinajstić information content (AvgIpc) is 2.95. The zero-order valence-electron chi connectivity index (χ0n) is 14.3. The monoisotopic (exact) mass is 445 g/mol. The molecule has 0 fully saturated rings. The van der Waals surface area contributed by atoms with E-state index < -0.39 is 0 Å². The summed E-state index contributed by atoms with van der Waals surface area (Å²) in [6, 6.07) is 5.12. The van der Waals surface area contributed by atoms with Gasteiger partial charge in [0.15, 0.2) is 5.96 Å². The van der Waals surface area contributed by atoms with E-state index in [2.05, 4.69) is 20.7 Å². The number of aromatic nitrogens is 2. The Morgan fingerprint density at radius 1 is 1.29 bits per heavy atom. The van der Waals surface area contributed by atoms with E-state index >= 15 is 0 Å². The number of guanidine groups is 1. The van der Waals surface area contributed by atoms with Crippen LogP contribution in [0, 0.1) is 19.7 Å². The normalized spacial score (nSPS) is 11.1. The summed E-state index contributed by atoms with van der Waals surface area (Å²) in [4.78, 5) is 4.19. The minimum Gasteiger partial charge on any atom is -0.356 e. The molecule has 2 rings (SSSR count). The van der Waals surface area contributed by atoms with Crippen molar-refractivity contribution in [1.82, 2.24) is 20.4 Å². The van der Waals surface area contributed by atoms with Crippen molar-refractivity contribution in [3.8, 4) is 0 Å². The zero-order valence-corrected chi connectivity index (χ0v) is 16.7. The number of rotatable bonds is 6. The van der Waals surface area contributed by atoms with Gasteiger partial charge in [-0.05, 0) is 43.0 Å². The molecule has 0 saturated heterocycles. The molecule has 1 heterocycles. The maximum atomic E-state index is 13.2. The van der Waals surface area contributed by atoms with E-state index in [0.717, 1.165) is 31.0 Å². The molecule has 5 nitrogen and oxygen atoms in total. The Balaban J connectivity index is 0.00000288. The summed E-state index contributed by atoms with van der Waals surface area (Å²) in [5.41, 5.74) is 2.85. The fourth-order valence-electron chi connectivity index (χ4n) is 2.26. The van der Waals surface area contributed by atoms with E-state index in [9.17, 15) is 4.39 Å². The Morgan fingerprint density at radius 2 is 2.08 bits per heavy atom. The lowest BCUT2D eigenvalue weighted by Gasteiger charge is -2.12. The molecular weight excluding hydrogens is 420 g/mol. The molecule has 7 heteroatoms. The summed E-state index contributed by atoms with van der Waals surface area (Å²) >= 11 is 0. The Kier molecular flexibility index (Phi) is 8.73. The predicted molar refractivity (Wildman–Crippen MR) is 106 cm³/mol. The number of nitrogens with one attached hydrogen (secondary N) is 2. The molecule has 0 unspecified atom stereocenters. The number of halogens is 2. The SMILES string of the molecule is CN=C(NCCCn1cc(C)cn1)NCc1ccc(F)c(C)c1.I. The molecule has 0 aliphatic carbocycles. The first kappa shape index (κ1) is 20.4. The van der Waals surface area contributed by atoms with Gasteiger partial charge in [-0.15, -0.1) is 24.0 Å². The fourth-order valence-corrected chi connectivity index (χ4v) is 2.26. The summed E-state index contributed by atoms with van der Waals surface area (Å²) in [6.45, 7) is 6.09. The van der Waals surface area contributed by atoms with Gasteiger partial charge in [0.25, 0.3) is 0 Å². The second-order valence-corrected chi connectivity index (χ2v) is 5.57. The van der Waals surface area contributed by atoms with Crippen LogP contribution in [-0.4, -0.2) is 29.3 Å². The highest BCUT2D eigenvalue weighted by Crippen LogP contribution is 2.08. The quantitative estimate of drug-likeness (QED) is 0.311. The van der Waals surface area contributed by atoms with Gasteiger partial charge in [0.05, 0.1) is 6.20 Å². The van der Waals surface area contributed by atoms with Gasteiger partial charge in [-0.25, -0.2) is 4.39 Å². The maximum Gasteiger partial charge on any atom is 0.191 e. The lowest BCUT2D eigenvalue weighted by Crippen LogP contribution is -2.37. The Morgan fingerprint density at radius 3 is 2.71 bits per heavy atom. The van der Waals surface area contributed by atoms with Gasteiger partial charge in [-0.2, -0.15) is 5.10 Å². The molecule has 1 aromatic heterocycles. The van der Waals surface area contributed by atoms with Crippen LogP contribution in [0.2, 0.25) is 0 Å². The number of nitrogens with zero attached hydrogens (tertiary/aromatic N) is 3. The number of aliphatic imine (C=N–C) groups is 1. The largest absolute Gasteiger partial charge is 0.356 e. The van der Waals surface area contributed by atoms with Crippen LogP contribution in [0.4, 0.5) is 4.39 Å². The summed E-state index contributed by atoms with van der Waals surface area (Å²) in [7, 11) is 1.74. The number of aryl methyl sites for hydroxylation is 3. The van der Waals surface area contributed by atoms with Gasteiger partial charge in [-0.3, -0.25) is 9.67 Å². The highest BCUT2D eigenvalue weighted by atomic mass is 127. The molecule has 0 spiro atoms. The van der Waals surface area contributed by atoms with Gasteiger partial charge < -0.3 is 10.6 Å². The molecule has 2 N–H and O–H groups in total. The van der Waals surface area contributed by atoms with Crippen LogP contribution < -0.4 is 10.6 Å². The third-order valence-corrected chi connectivity index (χ3v) is 3.52. The van der Waals surface area contributed by atoms with Crippen LogP contribution in [-0.2, 0) is 13.1 Å². The molecule has 0 bridgehead atoms. The van der Waals surface area contributed by atoms with Crippen LogP contribution in [0.25, 0.3) is 0 Å². The minimum atomic E-state index is -0.176. The van der Waals surface area contributed by atoms with Crippen molar-refractivity contribution in [2.45, 2.75) is 33.4 Å². The molecule has 1 aromatic carbocycles. The molecule has 2 aromatic rings. The zero-order chi connectivity index (χ0) is 16.7. The Bertz CT molecular complexity index is 669. The van der Waals surface area contributed by atoms with Crippen LogP contribution >= 0.6 is 24.0 Å². The van der Waals surface area contributed by atoms with E-state index in [1.165, 1.54) is 11.6 Å². The highest BCUT2D eigenvalue weighted by molar-refractivity contribution is 14.0. The lowest BCUT2D eigenvalue weighted by molar-refractivity contribution is 0.570. The second kappa shape index (κ2) is 10.3. The van der Waals surface area contributed by atoms with Gasteiger partial charge in [-0.1, -0.05) is 12.1 Å². The van der Waals surface area contributed by atoms with Crippen LogP contribution in [0.5, 0.6) is 0 Å². The molecule has 0 radical (unpaired) electrons. The summed E-state index contributed by atoms with van der Waals surface area (Å²) in [5, 5.41) is 10.8. The smallest absolute Gasteiger partial charge is 0.191 e. The van der Waals surface area contributed by atoms with Gasteiger partial charge in [0.1, 0.15) is 5.82 Å². The molecule has 0 amide bonds. The number of benzene rings is 1. The lowest BCUT2D eigenvalue weighted by atomic mass is 10.1. The molecule has 0 aliphatic heterocycles. The number of hydrogen-bond donors (Lipinski definition) is 2. The standard InChI is InChI=1S/C17H24FN5.HI/c1-13-10-22-23(12-13)8-4-7-20-17(19-3)21-11-15-5-6-16(18)14(2)9-15;/h5-6,9-10,12H,4,7-8,11H2,1-3H3,(H2,19,20,21);1H. The third kappa shape index (κ3) is 6.46. The highest BCUT2D eigenvalue weighted by Gasteiger charge is 2.01. The predicted octanol–water partition coefficient (Wildman–Crippen LogP) is 3.01. The molecule has 0 atom stereocenters. The average molecular weight is 445 g/mol. The van der Waals surface area contributed by atoms with E-state index in [1.54, 1.807) is 20.0 Å². The molecule has 0 aliphatic rings. The van der Waals surface area contributed by atoms with Gasteiger partial charge in [0.2, 0.25) is 0 Å². The molecule has 24 heavy (non-hydrogen) atoms. The fraction of sp³-hybridized carbons (Fsp3) is 0.412. The van der Waals surface area contributed by atoms with Crippen LogP contribution in [0.1, 0.15) is 23.1 Å². The van der Waals surface area contributed by atoms with Gasteiger partial charge in [0, 0.05) is 32.9 Å². The molecular formula is C17H25FIN5. The third-order valence-electron chi connectivity index (χ3n) is 3.52. The van der Waals surface area contributed by atoms with Gasteiger partial charge >= 0.3 is 0 Å². The Labute approximate surface area is 159 Å². The molecule has 0 saturated carbocycles. The van der Waals surface area contributed by atoms with E-state index in [-0.39, 0.29) is 29.8 Å². The summed E-state index contributed by atoms with van der Waals surface area (Å²) < 4.78 is 15.2. The summed E-state index contributed by atoms with van der Waals surface area (Å²) in [6.07, 6.45) is 4.85. The van der Waals surface area contributed by atoms with Crippen molar-refractivity contribution in [3.05, 3.63) is 53.1 Å². The van der Waals surface area contributed by atoms with Crippen molar-refractivity contribution in [2.24, 2.45) is 4.99 Å². The first-order valence-corrected chi connectivity index (χ1v) is 7.77. The topological polar surface area (TPSA) is 54.2 Å². The minimum absolute atomic E-state index is 0. The van der Waals surface area contributed by atoms with Crippen molar-refractivity contribution in [2.75, 3.05) is 13.6 Å². The van der Waals surface area contributed by atoms with Crippen LogP contribution in [0.3, 0.4) is 0 Å². The van der Waals surface area contributed by atoms with E-state index in [1.807, 2.05) is 30.1 Å². The van der Waals surface area contributed by atoms with E-state index in [0.29, 0.717) is 12.1 Å². The van der Waals surface area contributed by atoms with Crippen molar-refractivity contribution < 1.29 is 4.39 Å². The summed E-state index contributed by atoms with van der Waals surface area (Å²) in [5.74, 6) is 0.564. The second-order valence-electron chi connectivity index (χ2n) is 5.57. The van der Waals surface area contributed by atoms with Crippen LogP contribution in [0.15, 0.2) is 35.6 Å². The maximum absolute atomic E-state index is 13.2. The van der Waals surface area contributed by atoms with Crippen molar-refractivity contribution >= 4 is 29.9 Å². The first-order chi connectivity index (χ1) is 11.1. The van der Waals surface area contributed by atoms with Crippen molar-refractivity contribution in [1.29, 1.82) is 0 Å². The van der Waals surface area contributed by atoms with E-state index in [4.69, 9.17) is 0 Å². The first-order valence-electron chi connectivity index (χ1n) is 7.77. The Hall–Kier alpha value is -1.64. The van der Waals surface area contributed by atoms with Crippen molar-refractivity contribution in [3.63, 3.8) is 0 Å². The number of hydrogen-bond acceptors (Lipinski definition) is 2. The molecule has 132 valence electrons.